The highest BCUT2D eigenvalue weighted by atomic mass is 16.1. The van der Waals surface area contributed by atoms with Crippen LogP contribution in [0.2, 0.25) is 0 Å². The molecule has 0 bridgehead atoms. The Morgan fingerprint density at radius 1 is 1.28 bits per heavy atom. The first-order valence-electron chi connectivity index (χ1n) is 6.20. The van der Waals surface area contributed by atoms with Crippen LogP contribution >= 0.6 is 0 Å². The van der Waals surface area contributed by atoms with Crippen molar-refractivity contribution in [1.82, 2.24) is 15.0 Å². The van der Waals surface area contributed by atoms with Crippen molar-refractivity contribution in [2.45, 2.75) is 33.6 Å². The molecular weight excluding hydrogens is 226 g/mol. The van der Waals surface area contributed by atoms with Crippen LogP contribution < -0.4 is 5.56 Å². The molecule has 0 spiro atoms. The number of rotatable bonds is 3. The Balaban J connectivity index is 2.64. The highest BCUT2D eigenvalue weighted by Gasteiger charge is 2.10. The molecule has 4 heteroatoms. The molecule has 0 aliphatic rings. The molecule has 1 N–H and O–H groups in total. The number of hydrogen-bond donors (Lipinski definition) is 1. The van der Waals surface area contributed by atoms with Gasteiger partial charge in [-0.15, -0.1) is 0 Å². The molecule has 0 amide bonds. The second-order valence-electron chi connectivity index (χ2n) is 4.23. The molecular formula is C14H17N3O. The van der Waals surface area contributed by atoms with Crippen molar-refractivity contribution >= 4 is 0 Å². The molecule has 0 fully saturated rings. The largest absolute Gasteiger partial charge is 0.306 e. The van der Waals surface area contributed by atoms with Crippen molar-refractivity contribution in [3.05, 3.63) is 45.6 Å². The van der Waals surface area contributed by atoms with E-state index in [1.807, 2.05) is 26.1 Å². The summed E-state index contributed by atoms with van der Waals surface area (Å²) in [5, 5.41) is 0. The summed E-state index contributed by atoms with van der Waals surface area (Å²) in [5.41, 5.74) is 3.54. The number of aryl methyl sites for hydroxylation is 2. The molecule has 0 saturated heterocycles. The number of aromatic nitrogens is 3. The first-order valence-corrected chi connectivity index (χ1v) is 6.20. The summed E-state index contributed by atoms with van der Waals surface area (Å²) in [6, 6.07) is 1.89. The van der Waals surface area contributed by atoms with Crippen molar-refractivity contribution in [1.29, 1.82) is 0 Å². The van der Waals surface area contributed by atoms with Crippen LogP contribution in [-0.4, -0.2) is 15.0 Å². The molecule has 2 rings (SSSR count). The quantitative estimate of drug-likeness (QED) is 0.899. The van der Waals surface area contributed by atoms with Gasteiger partial charge in [-0.25, -0.2) is 4.98 Å². The van der Waals surface area contributed by atoms with E-state index < -0.39 is 0 Å². The van der Waals surface area contributed by atoms with Gasteiger partial charge in [0.2, 0.25) is 0 Å². The van der Waals surface area contributed by atoms with E-state index in [4.69, 9.17) is 0 Å². The fourth-order valence-electron chi connectivity index (χ4n) is 1.99. The summed E-state index contributed by atoms with van der Waals surface area (Å²) in [6.45, 7) is 5.88. The minimum Gasteiger partial charge on any atom is -0.306 e. The fourth-order valence-corrected chi connectivity index (χ4v) is 1.99. The maximum absolute atomic E-state index is 11.9. The molecule has 2 aromatic rings. The maximum atomic E-state index is 11.9. The molecule has 4 nitrogen and oxygen atoms in total. The Labute approximate surface area is 106 Å². The molecule has 0 unspecified atom stereocenters. The van der Waals surface area contributed by atoms with E-state index in [2.05, 4.69) is 21.9 Å². The minimum absolute atomic E-state index is 0.0595. The summed E-state index contributed by atoms with van der Waals surface area (Å²) in [7, 11) is 0. The van der Waals surface area contributed by atoms with Crippen LogP contribution in [0.5, 0.6) is 0 Å². The smallest absolute Gasteiger partial charge is 0.254 e. The molecule has 0 atom stereocenters. The van der Waals surface area contributed by atoms with Gasteiger partial charge in [-0.3, -0.25) is 9.78 Å². The van der Waals surface area contributed by atoms with Crippen molar-refractivity contribution < 1.29 is 0 Å². The average Bonchev–Trinajstić information content (AvgIpc) is 2.41. The van der Waals surface area contributed by atoms with Crippen LogP contribution in [0.4, 0.5) is 0 Å². The number of aromatic amines is 1. The van der Waals surface area contributed by atoms with Gasteiger partial charge in [-0.2, -0.15) is 0 Å². The van der Waals surface area contributed by atoms with E-state index in [1.165, 1.54) is 0 Å². The van der Waals surface area contributed by atoms with Gasteiger partial charge in [0.1, 0.15) is 5.82 Å². The lowest BCUT2D eigenvalue weighted by atomic mass is 10.1. The van der Waals surface area contributed by atoms with Gasteiger partial charge in [0, 0.05) is 23.5 Å². The molecule has 0 aliphatic carbocycles. The highest BCUT2D eigenvalue weighted by molar-refractivity contribution is 5.59. The van der Waals surface area contributed by atoms with Gasteiger partial charge in [-0.05, 0) is 31.4 Å². The lowest BCUT2D eigenvalue weighted by molar-refractivity contribution is 0.949. The number of nitrogens with one attached hydrogen (secondary N) is 1. The van der Waals surface area contributed by atoms with Crippen LogP contribution in [-0.2, 0) is 12.8 Å². The van der Waals surface area contributed by atoms with E-state index in [-0.39, 0.29) is 5.56 Å². The highest BCUT2D eigenvalue weighted by Crippen LogP contribution is 2.19. The van der Waals surface area contributed by atoms with Crippen LogP contribution in [0.1, 0.15) is 30.7 Å². The Kier molecular flexibility index (Phi) is 3.55. The van der Waals surface area contributed by atoms with Gasteiger partial charge < -0.3 is 4.98 Å². The third-order valence-electron chi connectivity index (χ3n) is 3.13. The summed E-state index contributed by atoms with van der Waals surface area (Å²) >= 11 is 0. The zero-order chi connectivity index (χ0) is 13.1. The van der Waals surface area contributed by atoms with Crippen LogP contribution in [0, 0.1) is 6.92 Å². The lowest BCUT2D eigenvalue weighted by Crippen LogP contribution is -2.16. The molecule has 94 valence electrons. The summed E-state index contributed by atoms with van der Waals surface area (Å²) in [4.78, 5) is 23.4. The number of H-pyrrole nitrogens is 1. The molecule has 0 aliphatic heterocycles. The van der Waals surface area contributed by atoms with E-state index in [0.29, 0.717) is 11.4 Å². The Morgan fingerprint density at radius 2 is 2.06 bits per heavy atom. The van der Waals surface area contributed by atoms with Crippen molar-refractivity contribution in [3.63, 3.8) is 0 Å². The van der Waals surface area contributed by atoms with Gasteiger partial charge >= 0.3 is 0 Å². The van der Waals surface area contributed by atoms with Crippen molar-refractivity contribution in [2.24, 2.45) is 0 Å². The number of nitrogens with zero attached hydrogens (tertiary/aromatic N) is 2. The van der Waals surface area contributed by atoms with Gasteiger partial charge in [0.05, 0.1) is 5.69 Å². The van der Waals surface area contributed by atoms with Gasteiger partial charge in [0.25, 0.3) is 5.56 Å². The SMILES string of the molecule is CCc1cnccc1-c1nc(CC)c(C)c(=O)[nH]1. The zero-order valence-corrected chi connectivity index (χ0v) is 10.9. The van der Waals surface area contributed by atoms with E-state index in [9.17, 15) is 4.79 Å². The van der Waals surface area contributed by atoms with Gasteiger partial charge in [-0.1, -0.05) is 13.8 Å². The molecule has 0 saturated carbocycles. The zero-order valence-electron chi connectivity index (χ0n) is 10.9. The predicted octanol–water partition coefficient (Wildman–Crippen LogP) is 2.27. The Morgan fingerprint density at radius 3 is 2.72 bits per heavy atom. The number of pyridine rings is 1. The second-order valence-corrected chi connectivity index (χ2v) is 4.23. The first-order chi connectivity index (χ1) is 8.67. The Hall–Kier alpha value is -1.97. The Bertz CT molecular complexity index is 617. The molecule has 2 heterocycles. The minimum atomic E-state index is -0.0595. The van der Waals surface area contributed by atoms with Crippen LogP contribution in [0.3, 0.4) is 0 Å². The lowest BCUT2D eigenvalue weighted by Gasteiger charge is -2.09. The van der Waals surface area contributed by atoms with Gasteiger partial charge in [0.15, 0.2) is 0 Å². The number of hydrogen-bond acceptors (Lipinski definition) is 3. The molecule has 0 radical (unpaired) electrons. The third-order valence-corrected chi connectivity index (χ3v) is 3.13. The second kappa shape index (κ2) is 5.12. The fraction of sp³-hybridized carbons (Fsp3) is 0.357. The summed E-state index contributed by atoms with van der Waals surface area (Å²) < 4.78 is 0. The normalized spacial score (nSPS) is 10.6. The maximum Gasteiger partial charge on any atom is 0.254 e. The van der Waals surface area contributed by atoms with E-state index in [0.717, 1.165) is 29.7 Å². The third kappa shape index (κ3) is 2.18. The van der Waals surface area contributed by atoms with Crippen LogP contribution in [0.15, 0.2) is 23.3 Å². The molecule has 2 aromatic heterocycles. The average molecular weight is 243 g/mol. The van der Waals surface area contributed by atoms with E-state index >= 15 is 0 Å². The standard InChI is InChI=1S/C14H17N3O/c1-4-10-8-15-7-6-11(10)13-16-12(5-2)9(3)14(18)17-13/h6-8H,4-5H2,1-3H3,(H,16,17,18). The van der Waals surface area contributed by atoms with Crippen molar-refractivity contribution in [3.8, 4) is 11.4 Å². The first kappa shape index (κ1) is 12.5. The topological polar surface area (TPSA) is 58.6 Å². The summed E-state index contributed by atoms with van der Waals surface area (Å²) in [6.07, 6.45) is 5.16. The van der Waals surface area contributed by atoms with Crippen molar-refractivity contribution in [2.75, 3.05) is 0 Å². The predicted molar refractivity (Wildman–Crippen MR) is 71.6 cm³/mol. The van der Waals surface area contributed by atoms with E-state index in [1.54, 1.807) is 6.20 Å². The molecule has 18 heavy (non-hydrogen) atoms. The molecule has 0 aromatic carbocycles. The monoisotopic (exact) mass is 243 g/mol. The van der Waals surface area contributed by atoms with Crippen LogP contribution in [0.25, 0.3) is 11.4 Å². The summed E-state index contributed by atoms with van der Waals surface area (Å²) in [5.74, 6) is 0.640.